The molecule has 1 aliphatic carbocycles. The molecule has 2 N–H and O–H groups in total. The van der Waals surface area contributed by atoms with Crippen molar-refractivity contribution in [3.8, 4) is 0 Å². The van der Waals surface area contributed by atoms with Crippen LogP contribution in [0.1, 0.15) is 59.3 Å². The van der Waals surface area contributed by atoms with Crippen LogP contribution in [0.2, 0.25) is 0 Å². The highest BCUT2D eigenvalue weighted by molar-refractivity contribution is 6.00. The van der Waals surface area contributed by atoms with Crippen molar-refractivity contribution in [2.24, 2.45) is 0 Å². The lowest BCUT2D eigenvalue weighted by atomic mass is 9.99. The molecule has 1 saturated heterocycles. The van der Waals surface area contributed by atoms with E-state index in [-0.39, 0.29) is 24.8 Å². The average molecular weight is 495 g/mol. The van der Waals surface area contributed by atoms with Crippen molar-refractivity contribution in [3.63, 3.8) is 0 Å². The number of rotatable bonds is 3. The number of nitrogens with one attached hydrogen (secondary N) is 2. The van der Waals surface area contributed by atoms with Crippen molar-refractivity contribution in [2.45, 2.75) is 49.2 Å². The Morgan fingerprint density at radius 3 is 2.78 bits per heavy atom. The Morgan fingerprint density at radius 1 is 1.11 bits per heavy atom. The fraction of sp³-hybridized carbons (Fsp3) is 0.375. The SMILES string of the molecule is O=C1NCC(c2cc([C@H]3C[C@@H]3c3ccc4nc5n(c4c3)C(C(F)(F)F)CC5)c3nccn3n2)C(=O)N1. The highest BCUT2D eigenvalue weighted by Crippen LogP contribution is 2.56. The third kappa shape index (κ3) is 3.20. The van der Waals surface area contributed by atoms with Gasteiger partial charge in [0.25, 0.3) is 0 Å². The number of carbonyl (C=O) groups excluding carboxylic acids is 2. The summed E-state index contributed by atoms with van der Waals surface area (Å²) in [5.74, 6) is -0.386. The molecule has 2 aliphatic heterocycles. The number of fused-ring (bicyclic) bond motifs is 4. The van der Waals surface area contributed by atoms with E-state index in [0.717, 1.165) is 17.5 Å². The molecule has 2 unspecified atom stereocenters. The van der Waals surface area contributed by atoms with E-state index in [9.17, 15) is 22.8 Å². The molecule has 36 heavy (non-hydrogen) atoms. The fourth-order valence-electron chi connectivity index (χ4n) is 5.70. The molecule has 7 rings (SSSR count). The van der Waals surface area contributed by atoms with E-state index in [1.165, 1.54) is 4.57 Å². The van der Waals surface area contributed by atoms with Crippen LogP contribution in [-0.4, -0.2) is 48.8 Å². The van der Waals surface area contributed by atoms with Gasteiger partial charge in [0.15, 0.2) is 5.65 Å². The number of urea groups is 1. The number of nitrogens with zero attached hydrogens (tertiary/aromatic N) is 5. The zero-order chi connectivity index (χ0) is 24.8. The molecule has 4 atom stereocenters. The predicted octanol–water partition coefficient (Wildman–Crippen LogP) is 3.32. The number of benzene rings is 1. The van der Waals surface area contributed by atoms with Gasteiger partial charge < -0.3 is 9.88 Å². The summed E-state index contributed by atoms with van der Waals surface area (Å²) >= 11 is 0. The third-order valence-corrected chi connectivity index (χ3v) is 7.52. The van der Waals surface area contributed by atoms with E-state index < -0.39 is 30.1 Å². The normalized spacial score (nSPS) is 25.8. The molecule has 2 fully saturated rings. The Kier molecular flexibility index (Phi) is 4.31. The van der Waals surface area contributed by atoms with Gasteiger partial charge in [-0.3, -0.25) is 10.1 Å². The molecule has 3 aliphatic rings. The van der Waals surface area contributed by atoms with Gasteiger partial charge in [-0.25, -0.2) is 19.3 Å². The van der Waals surface area contributed by atoms with Crippen molar-refractivity contribution in [1.29, 1.82) is 0 Å². The lowest BCUT2D eigenvalue weighted by Crippen LogP contribution is -2.51. The monoisotopic (exact) mass is 495 g/mol. The summed E-state index contributed by atoms with van der Waals surface area (Å²) in [5.41, 5.74) is 4.17. The molecule has 4 aromatic rings. The number of alkyl halides is 3. The number of hydrogen-bond acceptors (Lipinski definition) is 5. The van der Waals surface area contributed by atoms with Crippen molar-refractivity contribution >= 4 is 28.6 Å². The van der Waals surface area contributed by atoms with Crippen LogP contribution < -0.4 is 10.6 Å². The zero-order valence-electron chi connectivity index (χ0n) is 18.8. The predicted molar refractivity (Wildman–Crippen MR) is 121 cm³/mol. The van der Waals surface area contributed by atoms with Gasteiger partial charge in [-0.05, 0) is 48.4 Å². The van der Waals surface area contributed by atoms with Gasteiger partial charge in [0.05, 0.1) is 22.6 Å². The van der Waals surface area contributed by atoms with Crippen LogP contribution in [0.15, 0.2) is 36.7 Å². The van der Waals surface area contributed by atoms with Gasteiger partial charge in [-0.2, -0.15) is 18.3 Å². The van der Waals surface area contributed by atoms with Crippen LogP contribution in [0.5, 0.6) is 0 Å². The molecule has 0 radical (unpaired) electrons. The van der Waals surface area contributed by atoms with E-state index in [1.807, 2.05) is 18.2 Å². The number of carbonyl (C=O) groups is 2. The highest BCUT2D eigenvalue weighted by atomic mass is 19.4. The van der Waals surface area contributed by atoms with E-state index in [0.29, 0.717) is 34.6 Å². The third-order valence-electron chi connectivity index (χ3n) is 7.52. The Labute approximate surface area is 201 Å². The molecule has 5 heterocycles. The zero-order valence-corrected chi connectivity index (χ0v) is 18.8. The highest BCUT2D eigenvalue weighted by Gasteiger charge is 2.46. The molecule has 1 saturated carbocycles. The summed E-state index contributed by atoms with van der Waals surface area (Å²) in [6, 6.07) is 5.37. The molecule has 0 spiro atoms. The molecule has 184 valence electrons. The molecule has 9 nitrogen and oxygen atoms in total. The Morgan fingerprint density at radius 2 is 1.97 bits per heavy atom. The second-order valence-corrected chi connectivity index (χ2v) is 9.66. The van der Waals surface area contributed by atoms with Crippen LogP contribution in [0, 0.1) is 0 Å². The summed E-state index contributed by atoms with van der Waals surface area (Å²) < 4.78 is 43.9. The Bertz CT molecular complexity index is 1570. The number of imide groups is 1. The van der Waals surface area contributed by atoms with Crippen molar-refractivity contribution in [2.75, 3.05) is 6.54 Å². The average Bonchev–Trinajstić information content (AvgIpc) is 3.14. The molecular weight excluding hydrogens is 475 g/mol. The molecule has 3 amide bonds. The topological polar surface area (TPSA) is 106 Å². The van der Waals surface area contributed by atoms with Gasteiger partial charge in [-0.15, -0.1) is 0 Å². The van der Waals surface area contributed by atoms with E-state index >= 15 is 0 Å². The van der Waals surface area contributed by atoms with Crippen LogP contribution >= 0.6 is 0 Å². The first kappa shape index (κ1) is 21.3. The molecule has 0 bridgehead atoms. The van der Waals surface area contributed by atoms with Gasteiger partial charge in [-0.1, -0.05) is 6.07 Å². The summed E-state index contributed by atoms with van der Waals surface area (Å²) in [6.07, 6.45) is 0.154. The smallest absolute Gasteiger partial charge is 0.337 e. The summed E-state index contributed by atoms with van der Waals surface area (Å²) in [4.78, 5) is 32.8. The maximum Gasteiger partial charge on any atom is 0.409 e. The number of halogens is 3. The molecule has 3 aromatic heterocycles. The van der Waals surface area contributed by atoms with E-state index in [4.69, 9.17) is 0 Å². The Hall–Kier alpha value is -3.96. The molecular formula is C24H20F3N7O2. The van der Waals surface area contributed by atoms with Crippen LogP contribution in [0.25, 0.3) is 16.7 Å². The van der Waals surface area contributed by atoms with Crippen molar-refractivity contribution in [1.82, 2.24) is 34.8 Å². The van der Waals surface area contributed by atoms with Crippen molar-refractivity contribution in [3.05, 3.63) is 59.3 Å². The minimum atomic E-state index is -4.32. The minimum Gasteiger partial charge on any atom is -0.337 e. The summed E-state index contributed by atoms with van der Waals surface area (Å²) in [6.45, 7) is 0.148. The van der Waals surface area contributed by atoms with Gasteiger partial charge >= 0.3 is 12.2 Å². The quantitative estimate of drug-likeness (QED) is 0.454. The lowest BCUT2D eigenvalue weighted by Gasteiger charge is -2.22. The largest absolute Gasteiger partial charge is 0.409 e. The fourth-order valence-corrected chi connectivity index (χ4v) is 5.70. The van der Waals surface area contributed by atoms with Crippen LogP contribution in [0.3, 0.4) is 0 Å². The van der Waals surface area contributed by atoms with Gasteiger partial charge in [0, 0.05) is 30.9 Å². The number of aromatic nitrogens is 5. The molecule has 1 aromatic carbocycles. The van der Waals surface area contributed by atoms with Crippen molar-refractivity contribution < 1.29 is 22.8 Å². The number of aryl methyl sites for hydroxylation is 1. The lowest BCUT2D eigenvalue weighted by molar-refractivity contribution is -0.164. The van der Waals surface area contributed by atoms with Gasteiger partial charge in [0.1, 0.15) is 11.9 Å². The molecule has 12 heteroatoms. The van der Waals surface area contributed by atoms with Gasteiger partial charge in [0.2, 0.25) is 5.91 Å². The van der Waals surface area contributed by atoms with E-state index in [2.05, 4.69) is 25.7 Å². The first-order chi connectivity index (χ1) is 17.3. The first-order valence-electron chi connectivity index (χ1n) is 11.8. The summed E-state index contributed by atoms with van der Waals surface area (Å²) in [7, 11) is 0. The maximum absolute atomic E-state index is 13.6. The van der Waals surface area contributed by atoms with Crippen LogP contribution in [-0.2, 0) is 11.2 Å². The number of amides is 3. The first-order valence-corrected chi connectivity index (χ1v) is 11.8. The number of imidazole rings is 2. The second kappa shape index (κ2) is 7.28. The maximum atomic E-state index is 13.6. The summed E-state index contributed by atoms with van der Waals surface area (Å²) in [5, 5.41) is 9.43. The van der Waals surface area contributed by atoms with Crippen LogP contribution in [0.4, 0.5) is 18.0 Å². The Balaban J connectivity index is 1.25. The second-order valence-electron chi connectivity index (χ2n) is 9.66. The number of hydrogen-bond donors (Lipinski definition) is 2. The minimum absolute atomic E-state index is 0.0188. The van der Waals surface area contributed by atoms with E-state index in [1.54, 1.807) is 23.0 Å². The standard InChI is InChI=1S/C24H20F3N7O2/c25-24(26,27)19-3-4-20-30-16-2-1-11(7-18(16)34(19)20)12-8-13(12)14-9-17(32-33-6-5-28-21(14)33)15-10-29-23(36)31-22(15)35/h1-2,5-7,9,12-13,15,19H,3-4,8,10H2,(H2,29,31,35,36)/t12-,13+,15?,19?/m1/s1.